The Balaban J connectivity index is 1.25. The molecule has 0 radical (unpaired) electrons. The summed E-state index contributed by atoms with van der Waals surface area (Å²) in [6.07, 6.45) is 12.6. The minimum absolute atomic E-state index is 0.0405. The lowest BCUT2D eigenvalue weighted by molar-refractivity contribution is -0.117. The second kappa shape index (κ2) is 8.48. The van der Waals surface area contributed by atoms with Crippen molar-refractivity contribution in [2.75, 3.05) is 5.32 Å². The molecule has 1 atom stereocenters. The number of H-pyrrole nitrogens is 2. The molecule has 2 aliphatic rings. The minimum Gasteiger partial charge on any atom is -0.337 e. The van der Waals surface area contributed by atoms with Gasteiger partial charge < -0.3 is 10.3 Å². The molecule has 8 nitrogen and oxygen atoms in total. The predicted octanol–water partition coefficient (Wildman–Crippen LogP) is 5.81. The van der Waals surface area contributed by atoms with E-state index < -0.39 is 0 Å². The summed E-state index contributed by atoms with van der Waals surface area (Å²) in [6, 6.07) is 9.88. The molecule has 0 aliphatic heterocycles. The summed E-state index contributed by atoms with van der Waals surface area (Å²) in [5.41, 5.74) is 6.41. The van der Waals surface area contributed by atoms with E-state index in [0.717, 1.165) is 46.0 Å². The molecule has 182 valence electrons. The maximum absolute atomic E-state index is 13.5. The fourth-order valence-corrected chi connectivity index (χ4v) is 4.79. The number of nitrogens with zero attached hydrogens (tertiary/aromatic N) is 4. The SMILES string of the molecule is O=C(Nc1cncc(-c2cnc3[nH]nc(-c4nc5c(C6C=CC(F)=CC6)cccc5[nH]4)c3c2)c1)C1CC1. The lowest BCUT2D eigenvalue weighted by Gasteiger charge is -2.14. The van der Waals surface area contributed by atoms with Crippen molar-refractivity contribution < 1.29 is 9.18 Å². The normalized spacial score (nSPS) is 17.3. The zero-order chi connectivity index (χ0) is 24.9. The van der Waals surface area contributed by atoms with Crippen molar-refractivity contribution in [2.45, 2.75) is 25.2 Å². The quantitative estimate of drug-likeness (QED) is 0.287. The van der Waals surface area contributed by atoms with Crippen molar-refractivity contribution >= 4 is 33.7 Å². The van der Waals surface area contributed by atoms with Gasteiger partial charge in [-0.3, -0.25) is 14.9 Å². The monoisotopic (exact) mass is 491 g/mol. The summed E-state index contributed by atoms with van der Waals surface area (Å²) in [4.78, 5) is 29.3. The van der Waals surface area contributed by atoms with E-state index in [1.54, 1.807) is 24.7 Å². The zero-order valence-corrected chi connectivity index (χ0v) is 19.7. The highest BCUT2D eigenvalue weighted by Crippen LogP contribution is 2.35. The number of aromatic amines is 2. The van der Waals surface area contributed by atoms with Crippen LogP contribution in [0, 0.1) is 5.92 Å². The topological polar surface area (TPSA) is 112 Å². The third-order valence-electron chi connectivity index (χ3n) is 6.93. The average molecular weight is 492 g/mol. The number of carbonyl (C=O) groups excluding carboxylic acids is 1. The number of hydrogen-bond donors (Lipinski definition) is 3. The molecule has 1 aromatic carbocycles. The Morgan fingerprint density at radius 2 is 2.00 bits per heavy atom. The number of benzene rings is 1. The molecule has 0 bridgehead atoms. The number of allylic oxidation sites excluding steroid dienone is 4. The van der Waals surface area contributed by atoms with Gasteiger partial charge in [0.1, 0.15) is 11.5 Å². The fraction of sp³-hybridized carbons (Fsp3) is 0.179. The Hall–Kier alpha value is -4.66. The molecule has 9 heteroatoms. The van der Waals surface area contributed by atoms with Crippen molar-refractivity contribution in [3.8, 4) is 22.6 Å². The standard InChI is InChI=1S/C28H22FN7O/c29-19-8-6-15(7-9-19)21-2-1-3-23-24(21)34-27(33-23)25-22-11-18(13-31-26(22)36-35-25)17-10-20(14-30-12-17)32-28(37)16-4-5-16/h1-3,6,8-16H,4-5,7H2,(H,32,37)(H,33,34)(H,31,35,36). The molecule has 37 heavy (non-hydrogen) atoms. The molecule has 3 N–H and O–H groups in total. The number of nitrogens with one attached hydrogen (secondary N) is 3. The number of carbonyl (C=O) groups is 1. The summed E-state index contributed by atoms with van der Waals surface area (Å²) in [5, 5.41) is 11.3. The van der Waals surface area contributed by atoms with Gasteiger partial charge in [-0.25, -0.2) is 14.4 Å². The maximum Gasteiger partial charge on any atom is 0.227 e. The number of anilines is 1. The van der Waals surface area contributed by atoms with Gasteiger partial charge in [0, 0.05) is 35.4 Å². The molecule has 4 aromatic heterocycles. The Labute approximate surface area is 210 Å². The predicted molar refractivity (Wildman–Crippen MR) is 139 cm³/mol. The van der Waals surface area contributed by atoms with Crippen LogP contribution in [-0.2, 0) is 4.79 Å². The van der Waals surface area contributed by atoms with Gasteiger partial charge >= 0.3 is 0 Å². The number of pyridine rings is 2. The third-order valence-corrected chi connectivity index (χ3v) is 6.93. The number of amides is 1. The van der Waals surface area contributed by atoms with Gasteiger partial charge in [-0.15, -0.1) is 0 Å². The molecule has 1 unspecified atom stereocenters. The van der Waals surface area contributed by atoms with Crippen LogP contribution in [0.15, 0.2) is 73.0 Å². The summed E-state index contributed by atoms with van der Waals surface area (Å²) in [7, 11) is 0. The first-order valence-electron chi connectivity index (χ1n) is 12.3. The summed E-state index contributed by atoms with van der Waals surface area (Å²) in [6.45, 7) is 0. The van der Waals surface area contributed by atoms with Crippen LogP contribution in [0.2, 0.25) is 0 Å². The summed E-state index contributed by atoms with van der Waals surface area (Å²) in [5.74, 6) is 0.634. The van der Waals surface area contributed by atoms with Crippen molar-refractivity contribution in [1.29, 1.82) is 0 Å². The summed E-state index contributed by atoms with van der Waals surface area (Å²) < 4.78 is 13.5. The molecule has 0 spiro atoms. The van der Waals surface area contributed by atoms with Crippen LogP contribution >= 0.6 is 0 Å². The molecule has 1 amide bonds. The Morgan fingerprint density at radius 1 is 1.11 bits per heavy atom. The van der Waals surface area contributed by atoms with E-state index in [2.05, 4.69) is 30.5 Å². The van der Waals surface area contributed by atoms with E-state index >= 15 is 0 Å². The Kier molecular flexibility index (Phi) is 4.95. The first-order valence-corrected chi connectivity index (χ1v) is 12.3. The number of para-hydroxylation sites is 1. The number of halogens is 1. The molecule has 1 fully saturated rings. The van der Waals surface area contributed by atoms with E-state index in [4.69, 9.17) is 4.98 Å². The second-order valence-electron chi connectivity index (χ2n) is 9.54. The smallest absolute Gasteiger partial charge is 0.227 e. The van der Waals surface area contributed by atoms with E-state index in [1.165, 1.54) is 6.08 Å². The van der Waals surface area contributed by atoms with Crippen LogP contribution in [-0.4, -0.2) is 36.0 Å². The highest BCUT2D eigenvalue weighted by molar-refractivity contribution is 5.96. The van der Waals surface area contributed by atoms with E-state index in [0.29, 0.717) is 29.3 Å². The van der Waals surface area contributed by atoms with Gasteiger partial charge in [0.2, 0.25) is 5.91 Å². The highest BCUT2D eigenvalue weighted by atomic mass is 19.1. The van der Waals surface area contributed by atoms with Crippen LogP contribution < -0.4 is 5.32 Å². The first kappa shape index (κ1) is 21.6. The first-order chi connectivity index (χ1) is 18.1. The Morgan fingerprint density at radius 3 is 2.84 bits per heavy atom. The van der Waals surface area contributed by atoms with Gasteiger partial charge in [0.05, 0.1) is 28.3 Å². The molecule has 2 aliphatic carbocycles. The minimum atomic E-state index is -0.205. The fourth-order valence-electron chi connectivity index (χ4n) is 4.79. The lowest BCUT2D eigenvalue weighted by Crippen LogP contribution is -2.13. The van der Waals surface area contributed by atoms with Crippen LogP contribution in [0.5, 0.6) is 0 Å². The molecule has 0 saturated heterocycles. The van der Waals surface area contributed by atoms with Crippen molar-refractivity contribution in [3.05, 3.63) is 78.5 Å². The summed E-state index contributed by atoms with van der Waals surface area (Å²) >= 11 is 0. The van der Waals surface area contributed by atoms with Crippen LogP contribution in [0.3, 0.4) is 0 Å². The van der Waals surface area contributed by atoms with Crippen molar-refractivity contribution in [2.24, 2.45) is 5.92 Å². The maximum atomic E-state index is 13.5. The number of aromatic nitrogens is 6. The zero-order valence-electron chi connectivity index (χ0n) is 19.7. The van der Waals surface area contributed by atoms with Crippen LogP contribution in [0.4, 0.5) is 10.1 Å². The number of hydrogen-bond acceptors (Lipinski definition) is 5. The average Bonchev–Trinajstić information content (AvgIpc) is 3.55. The molecular formula is C28H22FN7O. The number of rotatable bonds is 5. The number of fused-ring (bicyclic) bond motifs is 2. The van der Waals surface area contributed by atoms with Crippen molar-refractivity contribution in [3.63, 3.8) is 0 Å². The van der Waals surface area contributed by atoms with E-state index in [1.807, 2.05) is 36.4 Å². The van der Waals surface area contributed by atoms with E-state index in [-0.39, 0.29) is 23.6 Å². The largest absolute Gasteiger partial charge is 0.337 e. The van der Waals surface area contributed by atoms with E-state index in [9.17, 15) is 9.18 Å². The van der Waals surface area contributed by atoms with Gasteiger partial charge in [-0.05, 0) is 55.2 Å². The molecule has 4 heterocycles. The van der Waals surface area contributed by atoms with Crippen molar-refractivity contribution in [1.82, 2.24) is 30.1 Å². The molecule has 5 aromatic rings. The molecular weight excluding hydrogens is 469 g/mol. The Bertz CT molecular complexity index is 1740. The van der Waals surface area contributed by atoms with Crippen LogP contribution in [0.25, 0.3) is 44.7 Å². The molecule has 1 saturated carbocycles. The highest BCUT2D eigenvalue weighted by Gasteiger charge is 2.29. The van der Waals surface area contributed by atoms with Gasteiger partial charge in [0.25, 0.3) is 0 Å². The number of imidazole rings is 1. The second-order valence-corrected chi connectivity index (χ2v) is 9.54. The third kappa shape index (κ3) is 3.98. The molecule has 7 rings (SSSR count). The van der Waals surface area contributed by atoms with Crippen LogP contribution in [0.1, 0.15) is 30.7 Å². The van der Waals surface area contributed by atoms with Gasteiger partial charge in [0.15, 0.2) is 11.5 Å². The van der Waals surface area contributed by atoms with Gasteiger partial charge in [-0.1, -0.05) is 18.2 Å². The lowest BCUT2D eigenvalue weighted by atomic mass is 9.91. The van der Waals surface area contributed by atoms with Gasteiger partial charge in [-0.2, -0.15) is 5.10 Å².